The molecule has 9 N–H and O–H groups in total. The molecule has 0 saturated carbocycles. The number of nitrogens with one attached hydrogen (secondary N) is 6. The molecule has 0 aliphatic heterocycles. The normalized spacial score (nSPS) is 15.2. The quantitative estimate of drug-likeness (QED) is 0.108. The van der Waals surface area contributed by atoms with Gasteiger partial charge in [0, 0.05) is 29.3 Å². The van der Waals surface area contributed by atoms with E-state index in [1.165, 1.54) is 13.8 Å². The largest absolute Gasteiger partial charge is 0.480 e. The molecule has 43 heavy (non-hydrogen) atoms. The van der Waals surface area contributed by atoms with Gasteiger partial charge in [-0.2, -0.15) is 12.6 Å². The zero-order chi connectivity index (χ0) is 32.3. The second-order valence-electron chi connectivity index (χ2n) is 10.4. The number of amides is 5. The summed E-state index contributed by atoms with van der Waals surface area (Å²) in [5.41, 5.74) is 7.13. The van der Waals surface area contributed by atoms with Crippen molar-refractivity contribution >= 4 is 59.0 Å². The number of aliphatic carboxylic acids is 1. The Bertz CT molecular complexity index is 1320. The molecule has 0 saturated heterocycles. The molecule has 2 rings (SSSR count). The number of aromatic amines is 1. The third kappa shape index (κ3) is 10.3. The van der Waals surface area contributed by atoms with E-state index in [0.717, 1.165) is 16.5 Å². The molecule has 0 unspecified atom stereocenters. The predicted octanol–water partition coefficient (Wildman–Crippen LogP) is -0.807. The Kier molecular flexibility index (Phi) is 13.5. The number of thiol groups is 1. The molecule has 0 aliphatic carbocycles. The number of fused-ring (bicyclic) bond motifs is 1. The van der Waals surface area contributed by atoms with Gasteiger partial charge in [-0.3, -0.25) is 24.0 Å². The number of rotatable bonds is 16. The van der Waals surface area contributed by atoms with Gasteiger partial charge in [-0.15, -0.1) is 0 Å². The van der Waals surface area contributed by atoms with Crippen LogP contribution in [0.4, 0.5) is 0 Å². The first kappa shape index (κ1) is 35.1. The number of aromatic nitrogens is 1. The van der Waals surface area contributed by atoms with Crippen molar-refractivity contribution in [1.29, 1.82) is 0 Å². The Morgan fingerprint density at radius 2 is 1.53 bits per heavy atom. The summed E-state index contributed by atoms with van der Waals surface area (Å²) in [6, 6.07) is 2.08. The molecule has 6 atom stereocenters. The monoisotopic (exact) mass is 619 g/mol. The Morgan fingerprint density at radius 3 is 2.16 bits per heavy atom. The van der Waals surface area contributed by atoms with Crippen molar-refractivity contribution in [3.8, 4) is 0 Å². The highest BCUT2D eigenvalue weighted by molar-refractivity contribution is 7.80. The van der Waals surface area contributed by atoms with Crippen molar-refractivity contribution in [2.24, 2.45) is 11.7 Å². The number of hydrogen-bond acceptors (Lipinski definition) is 8. The standard InChI is InChI=1S/C28H41N7O7S/c1-5-14(2)23(28(41)42)35-25(38)16(4)33-27(40)21(10-17-11-30-20-9-7-6-8-18(17)20)34-22(36)12-31-24(37)15(3)32-26(39)19(29)13-43/h6-9,11,14-16,19,21,23,30,43H,5,10,12-13,29H2,1-4H3,(H,31,37)(H,32,39)(H,33,40)(H,34,36)(H,35,38)(H,41,42)/t14-,15-,16-,19-,21-,23-/m0/s1. The van der Waals surface area contributed by atoms with Crippen molar-refractivity contribution in [1.82, 2.24) is 31.6 Å². The van der Waals surface area contributed by atoms with E-state index in [9.17, 15) is 33.9 Å². The zero-order valence-electron chi connectivity index (χ0n) is 24.6. The number of carbonyl (C=O) groups is 6. The van der Waals surface area contributed by atoms with Crippen molar-refractivity contribution < 1.29 is 33.9 Å². The Morgan fingerprint density at radius 1 is 0.907 bits per heavy atom. The van der Waals surface area contributed by atoms with Crippen LogP contribution in [-0.4, -0.2) is 88.1 Å². The van der Waals surface area contributed by atoms with Crippen molar-refractivity contribution in [3.05, 3.63) is 36.0 Å². The Balaban J connectivity index is 2.12. The lowest BCUT2D eigenvalue weighted by atomic mass is 9.99. The molecule has 236 valence electrons. The first-order chi connectivity index (χ1) is 20.3. The summed E-state index contributed by atoms with van der Waals surface area (Å²) in [6.07, 6.45) is 2.27. The molecular weight excluding hydrogens is 578 g/mol. The summed E-state index contributed by atoms with van der Waals surface area (Å²) in [5.74, 6) is -4.75. The minimum Gasteiger partial charge on any atom is -0.480 e. The smallest absolute Gasteiger partial charge is 0.326 e. The van der Waals surface area contributed by atoms with Gasteiger partial charge in [0.1, 0.15) is 24.2 Å². The maximum atomic E-state index is 13.3. The van der Waals surface area contributed by atoms with Crippen LogP contribution in [0.15, 0.2) is 30.5 Å². The number of nitrogens with two attached hydrogens (primary N) is 1. The second kappa shape index (κ2) is 16.5. The van der Waals surface area contributed by atoms with E-state index in [1.807, 2.05) is 24.3 Å². The number of hydrogen-bond donors (Lipinski definition) is 9. The average Bonchev–Trinajstić information content (AvgIpc) is 3.39. The molecule has 0 spiro atoms. The van der Waals surface area contributed by atoms with Crippen molar-refractivity contribution in [2.75, 3.05) is 12.3 Å². The molecule has 2 aromatic rings. The molecule has 1 heterocycles. The topological polar surface area (TPSA) is 225 Å². The average molecular weight is 620 g/mol. The maximum absolute atomic E-state index is 13.3. The number of H-pyrrole nitrogens is 1. The van der Waals surface area contributed by atoms with Crippen LogP contribution in [0.25, 0.3) is 10.9 Å². The van der Waals surface area contributed by atoms with Gasteiger partial charge >= 0.3 is 5.97 Å². The lowest BCUT2D eigenvalue weighted by molar-refractivity contribution is -0.143. The number of para-hydroxylation sites is 1. The Hall–Kier alpha value is -4.11. The van der Waals surface area contributed by atoms with Crippen LogP contribution in [0.3, 0.4) is 0 Å². The Labute approximate surface area is 255 Å². The summed E-state index contributed by atoms with van der Waals surface area (Å²) in [4.78, 5) is 78.0. The molecular formula is C28H41N7O7S. The number of carbonyl (C=O) groups excluding carboxylic acids is 5. The van der Waals surface area contributed by atoms with Crippen LogP contribution in [0, 0.1) is 5.92 Å². The van der Waals surface area contributed by atoms with Gasteiger partial charge < -0.3 is 42.4 Å². The number of benzene rings is 1. The third-order valence-electron chi connectivity index (χ3n) is 6.99. The van der Waals surface area contributed by atoms with Crippen LogP contribution >= 0.6 is 12.6 Å². The van der Waals surface area contributed by atoms with Crippen LogP contribution in [0.5, 0.6) is 0 Å². The highest BCUT2D eigenvalue weighted by atomic mass is 32.1. The number of carboxylic acid groups (broad SMARTS) is 1. The molecule has 14 nitrogen and oxygen atoms in total. The van der Waals surface area contributed by atoms with E-state index in [1.54, 1.807) is 20.0 Å². The molecule has 1 aromatic carbocycles. The van der Waals surface area contributed by atoms with Crippen LogP contribution < -0.4 is 32.3 Å². The van der Waals surface area contributed by atoms with E-state index in [0.29, 0.717) is 6.42 Å². The van der Waals surface area contributed by atoms with Crippen LogP contribution in [0.1, 0.15) is 39.7 Å². The van der Waals surface area contributed by atoms with Gasteiger partial charge in [0.15, 0.2) is 0 Å². The minimum atomic E-state index is -1.19. The fraction of sp³-hybridized carbons (Fsp3) is 0.500. The van der Waals surface area contributed by atoms with E-state index >= 15 is 0 Å². The van der Waals surface area contributed by atoms with Gasteiger partial charge in [-0.1, -0.05) is 38.5 Å². The van der Waals surface area contributed by atoms with Crippen molar-refractivity contribution in [3.63, 3.8) is 0 Å². The number of carboxylic acids is 1. The van der Waals surface area contributed by atoms with Gasteiger partial charge in [-0.05, 0) is 31.4 Å². The zero-order valence-corrected chi connectivity index (χ0v) is 25.5. The molecule has 0 aliphatic rings. The molecule has 15 heteroatoms. The third-order valence-corrected chi connectivity index (χ3v) is 7.38. The van der Waals surface area contributed by atoms with Gasteiger partial charge in [0.2, 0.25) is 29.5 Å². The fourth-order valence-electron chi connectivity index (χ4n) is 4.11. The SMILES string of the molecule is CC[C@H](C)[C@H](NC(=O)[C@H](C)NC(=O)[C@H](Cc1c[nH]c2ccccc12)NC(=O)CNC(=O)[C@H](C)NC(=O)[C@@H](N)CS)C(=O)O. The molecule has 0 radical (unpaired) electrons. The van der Waals surface area contributed by atoms with Crippen LogP contribution in [-0.2, 0) is 35.2 Å². The first-order valence-corrected chi connectivity index (χ1v) is 14.5. The van der Waals surface area contributed by atoms with Gasteiger partial charge in [0.05, 0.1) is 12.6 Å². The fourth-order valence-corrected chi connectivity index (χ4v) is 4.27. The summed E-state index contributed by atoms with van der Waals surface area (Å²) >= 11 is 3.94. The lowest BCUT2D eigenvalue weighted by Crippen LogP contribution is -2.57. The van der Waals surface area contributed by atoms with E-state index in [2.05, 4.69) is 44.2 Å². The summed E-state index contributed by atoms with van der Waals surface area (Å²) < 4.78 is 0. The van der Waals surface area contributed by atoms with Crippen molar-refractivity contribution in [2.45, 2.75) is 70.7 Å². The minimum absolute atomic E-state index is 0.0442. The van der Waals surface area contributed by atoms with Gasteiger partial charge in [0.25, 0.3) is 0 Å². The highest BCUT2D eigenvalue weighted by Gasteiger charge is 2.30. The summed E-state index contributed by atoms with van der Waals surface area (Å²) in [5, 5.41) is 22.7. The van der Waals surface area contributed by atoms with E-state index in [4.69, 9.17) is 5.73 Å². The molecule has 5 amide bonds. The summed E-state index contributed by atoms with van der Waals surface area (Å²) in [7, 11) is 0. The molecule has 0 bridgehead atoms. The molecule has 1 aromatic heterocycles. The first-order valence-electron chi connectivity index (χ1n) is 13.9. The van der Waals surface area contributed by atoms with Gasteiger partial charge in [-0.25, -0.2) is 4.79 Å². The highest BCUT2D eigenvalue weighted by Crippen LogP contribution is 2.19. The molecule has 0 fully saturated rings. The lowest BCUT2D eigenvalue weighted by Gasteiger charge is -2.24. The predicted molar refractivity (Wildman–Crippen MR) is 163 cm³/mol. The van der Waals surface area contributed by atoms with E-state index in [-0.39, 0.29) is 18.1 Å². The summed E-state index contributed by atoms with van der Waals surface area (Å²) in [6.45, 7) is 5.82. The second-order valence-corrected chi connectivity index (χ2v) is 10.7. The van der Waals surface area contributed by atoms with E-state index < -0.39 is 72.3 Å². The maximum Gasteiger partial charge on any atom is 0.326 e. The van der Waals surface area contributed by atoms with Crippen LogP contribution in [0.2, 0.25) is 0 Å².